The first-order chi connectivity index (χ1) is 15.9. The summed E-state index contributed by atoms with van der Waals surface area (Å²) in [5, 5.41) is 2.72. The molecule has 0 spiro atoms. The fourth-order valence-corrected chi connectivity index (χ4v) is 4.12. The van der Waals surface area contributed by atoms with Crippen LogP contribution >= 0.6 is 0 Å². The van der Waals surface area contributed by atoms with Crippen LogP contribution in [0.1, 0.15) is 17.3 Å². The third-order valence-corrected chi connectivity index (χ3v) is 5.98. The molecule has 0 radical (unpaired) electrons. The van der Waals surface area contributed by atoms with E-state index in [0.29, 0.717) is 29.5 Å². The maximum absolute atomic E-state index is 12.8. The highest BCUT2D eigenvalue weighted by atomic mass is 32.2. The molecule has 10 heteroatoms. The topological polar surface area (TPSA) is 115 Å². The number of carbonyl (C=O) groups is 1. The van der Waals surface area contributed by atoms with E-state index in [2.05, 4.69) is 20.0 Å². The Morgan fingerprint density at radius 3 is 2.52 bits per heavy atom. The number of anilines is 2. The zero-order valence-corrected chi connectivity index (χ0v) is 18.5. The Hall–Kier alpha value is -4.18. The van der Waals surface area contributed by atoms with Crippen LogP contribution in [-0.4, -0.2) is 35.5 Å². The Morgan fingerprint density at radius 1 is 1.06 bits per heavy atom. The molecule has 0 atom stereocenters. The molecule has 9 nitrogen and oxygen atoms in total. The van der Waals surface area contributed by atoms with Crippen molar-refractivity contribution < 1.29 is 17.9 Å². The average Bonchev–Trinajstić information content (AvgIpc) is 3.36. The van der Waals surface area contributed by atoms with Gasteiger partial charge in [-0.15, -0.1) is 0 Å². The van der Waals surface area contributed by atoms with Gasteiger partial charge in [-0.05, 0) is 61.5 Å². The number of nitrogens with one attached hydrogen (secondary N) is 2. The fourth-order valence-electron chi connectivity index (χ4n) is 3.02. The number of hydrogen-bond acceptors (Lipinski definition) is 6. The molecule has 0 aliphatic carbocycles. The van der Waals surface area contributed by atoms with Crippen molar-refractivity contribution in [3.63, 3.8) is 0 Å². The van der Waals surface area contributed by atoms with Gasteiger partial charge in [0.05, 0.1) is 23.4 Å². The van der Waals surface area contributed by atoms with Gasteiger partial charge in [0.15, 0.2) is 0 Å². The summed E-state index contributed by atoms with van der Waals surface area (Å²) in [6.07, 6.45) is 6.53. The number of aromatic nitrogens is 3. The van der Waals surface area contributed by atoms with Crippen molar-refractivity contribution in [3.8, 4) is 11.6 Å². The fraction of sp³-hybridized carbons (Fsp3) is 0.0870. The van der Waals surface area contributed by atoms with Gasteiger partial charge in [-0.25, -0.2) is 18.4 Å². The van der Waals surface area contributed by atoms with Gasteiger partial charge >= 0.3 is 0 Å². The third-order valence-electron chi connectivity index (χ3n) is 4.60. The monoisotopic (exact) mass is 463 g/mol. The largest absolute Gasteiger partial charge is 0.494 e. The lowest BCUT2D eigenvalue weighted by Crippen LogP contribution is -2.16. The smallest absolute Gasteiger partial charge is 0.261 e. The standard InChI is InChI=1S/C23H21N5O4S/c1-2-32-20-9-6-18(7-10-20)27-33(30,31)21-5-3-4-17(14-21)23(29)26-19-8-11-22(25-15-19)28-13-12-24-16-28/h3-16,27H,2H2,1H3,(H,26,29). The number of benzene rings is 2. The van der Waals surface area contributed by atoms with Crippen LogP contribution in [0.2, 0.25) is 0 Å². The van der Waals surface area contributed by atoms with Crippen molar-refractivity contribution in [1.82, 2.24) is 14.5 Å². The lowest BCUT2D eigenvalue weighted by Gasteiger charge is -2.11. The second-order valence-corrected chi connectivity index (χ2v) is 8.60. The lowest BCUT2D eigenvalue weighted by atomic mass is 10.2. The summed E-state index contributed by atoms with van der Waals surface area (Å²) in [6.45, 7) is 2.39. The van der Waals surface area contributed by atoms with E-state index >= 15 is 0 Å². The van der Waals surface area contributed by atoms with E-state index in [0.717, 1.165) is 0 Å². The zero-order chi connectivity index (χ0) is 23.3. The van der Waals surface area contributed by atoms with E-state index in [1.807, 2.05) is 6.92 Å². The predicted molar refractivity (Wildman–Crippen MR) is 124 cm³/mol. The van der Waals surface area contributed by atoms with E-state index in [1.165, 1.54) is 24.4 Å². The molecule has 4 aromatic rings. The zero-order valence-electron chi connectivity index (χ0n) is 17.7. The minimum absolute atomic E-state index is 0.0300. The van der Waals surface area contributed by atoms with Gasteiger partial charge in [0.25, 0.3) is 15.9 Å². The van der Waals surface area contributed by atoms with Crippen molar-refractivity contribution in [2.24, 2.45) is 0 Å². The van der Waals surface area contributed by atoms with Crippen LogP contribution in [0.3, 0.4) is 0 Å². The Morgan fingerprint density at radius 2 is 1.85 bits per heavy atom. The van der Waals surface area contributed by atoms with Crippen LogP contribution in [0, 0.1) is 0 Å². The molecular weight excluding hydrogens is 442 g/mol. The molecule has 2 aromatic heterocycles. The first-order valence-electron chi connectivity index (χ1n) is 10.1. The molecule has 0 fully saturated rings. The number of hydrogen-bond donors (Lipinski definition) is 2. The van der Waals surface area contributed by atoms with Crippen LogP contribution in [0.4, 0.5) is 11.4 Å². The van der Waals surface area contributed by atoms with Crippen LogP contribution in [0.5, 0.6) is 5.75 Å². The molecule has 1 amide bonds. The van der Waals surface area contributed by atoms with Crippen LogP contribution in [-0.2, 0) is 10.0 Å². The van der Waals surface area contributed by atoms with Crippen LogP contribution in [0.25, 0.3) is 5.82 Å². The lowest BCUT2D eigenvalue weighted by molar-refractivity contribution is 0.102. The molecule has 0 aliphatic rings. The molecule has 2 heterocycles. The highest BCUT2D eigenvalue weighted by Crippen LogP contribution is 2.21. The minimum atomic E-state index is -3.89. The van der Waals surface area contributed by atoms with Crippen LogP contribution in [0.15, 0.2) is 90.5 Å². The van der Waals surface area contributed by atoms with Gasteiger partial charge in [-0.2, -0.15) is 0 Å². The van der Waals surface area contributed by atoms with E-state index in [1.54, 1.807) is 65.8 Å². The van der Waals surface area contributed by atoms with Crippen molar-refractivity contribution in [2.75, 3.05) is 16.6 Å². The van der Waals surface area contributed by atoms with E-state index in [9.17, 15) is 13.2 Å². The normalized spacial score (nSPS) is 11.1. The van der Waals surface area contributed by atoms with Gasteiger partial charge in [0.1, 0.15) is 17.9 Å². The highest BCUT2D eigenvalue weighted by molar-refractivity contribution is 7.92. The van der Waals surface area contributed by atoms with Gasteiger partial charge in [-0.1, -0.05) is 6.07 Å². The number of nitrogens with zero attached hydrogens (tertiary/aromatic N) is 3. The molecule has 168 valence electrons. The number of imidazole rings is 1. The maximum atomic E-state index is 12.8. The van der Waals surface area contributed by atoms with Crippen LogP contribution < -0.4 is 14.8 Å². The quantitative estimate of drug-likeness (QED) is 0.412. The van der Waals surface area contributed by atoms with Gasteiger partial charge < -0.3 is 10.1 Å². The van der Waals surface area contributed by atoms with Gasteiger partial charge in [-0.3, -0.25) is 14.1 Å². The molecule has 0 saturated carbocycles. The predicted octanol–water partition coefficient (Wildman–Crippen LogP) is 3.72. The first kappa shape index (κ1) is 22.0. The Kier molecular flexibility index (Phi) is 6.36. The Balaban J connectivity index is 1.46. The Labute approximate surface area is 191 Å². The summed E-state index contributed by atoms with van der Waals surface area (Å²) >= 11 is 0. The number of pyridine rings is 1. The summed E-state index contributed by atoms with van der Waals surface area (Å²) in [5.74, 6) is 0.843. The number of ether oxygens (including phenoxy) is 1. The molecule has 0 saturated heterocycles. The van der Waals surface area contributed by atoms with Crippen molar-refractivity contribution in [3.05, 3.63) is 91.1 Å². The number of sulfonamides is 1. The summed E-state index contributed by atoms with van der Waals surface area (Å²) < 4.78 is 35.2. The average molecular weight is 464 g/mol. The number of amides is 1. The molecule has 0 aliphatic heterocycles. The first-order valence-corrected chi connectivity index (χ1v) is 11.5. The summed E-state index contributed by atoms with van der Waals surface area (Å²) in [7, 11) is -3.89. The molecule has 33 heavy (non-hydrogen) atoms. The minimum Gasteiger partial charge on any atom is -0.494 e. The molecule has 0 bridgehead atoms. The summed E-state index contributed by atoms with van der Waals surface area (Å²) in [6, 6.07) is 15.8. The van der Waals surface area contributed by atoms with Crippen molar-refractivity contribution in [1.29, 1.82) is 0 Å². The molecular formula is C23H21N5O4S. The second-order valence-electron chi connectivity index (χ2n) is 6.92. The second kappa shape index (κ2) is 9.53. The molecule has 2 aromatic carbocycles. The number of rotatable bonds is 8. The van der Waals surface area contributed by atoms with Crippen molar-refractivity contribution in [2.45, 2.75) is 11.8 Å². The van der Waals surface area contributed by atoms with E-state index < -0.39 is 15.9 Å². The highest BCUT2D eigenvalue weighted by Gasteiger charge is 2.17. The SMILES string of the molecule is CCOc1ccc(NS(=O)(=O)c2cccc(C(=O)Nc3ccc(-n4ccnc4)nc3)c2)cc1. The van der Waals surface area contributed by atoms with E-state index in [4.69, 9.17) is 4.74 Å². The summed E-state index contributed by atoms with van der Waals surface area (Å²) in [5.41, 5.74) is 1.06. The molecule has 2 N–H and O–H groups in total. The molecule has 4 rings (SSSR count). The van der Waals surface area contributed by atoms with Crippen molar-refractivity contribution >= 4 is 27.3 Å². The summed E-state index contributed by atoms with van der Waals surface area (Å²) in [4.78, 5) is 20.9. The Bertz CT molecular complexity index is 1340. The third kappa shape index (κ3) is 5.36. The van der Waals surface area contributed by atoms with Gasteiger partial charge in [0.2, 0.25) is 0 Å². The number of carbonyl (C=O) groups excluding carboxylic acids is 1. The maximum Gasteiger partial charge on any atom is 0.261 e. The van der Waals surface area contributed by atoms with E-state index in [-0.39, 0.29) is 10.5 Å². The van der Waals surface area contributed by atoms with Gasteiger partial charge in [0, 0.05) is 23.6 Å². The molecule has 0 unspecified atom stereocenters.